The zero-order valence-electron chi connectivity index (χ0n) is 19.6. The Balaban J connectivity index is 1.89. The van der Waals surface area contributed by atoms with Gasteiger partial charge in [0.05, 0.1) is 26.3 Å². The van der Waals surface area contributed by atoms with Crippen LogP contribution in [0.3, 0.4) is 0 Å². The van der Waals surface area contributed by atoms with Crippen LogP contribution in [0.25, 0.3) is 0 Å². The second-order valence-corrected chi connectivity index (χ2v) is 7.75. The molecule has 1 atom stereocenters. The predicted octanol–water partition coefficient (Wildman–Crippen LogP) is 4.83. The molecule has 34 heavy (non-hydrogen) atoms. The highest BCUT2D eigenvalue weighted by atomic mass is 19.1. The summed E-state index contributed by atoms with van der Waals surface area (Å²) in [4.78, 5) is 28.2. The Morgan fingerprint density at radius 3 is 2.32 bits per heavy atom. The molecule has 0 saturated heterocycles. The molecule has 0 aliphatic carbocycles. The summed E-state index contributed by atoms with van der Waals surface area (Å²) in [6.07, 6.45) is 0.449. The number of hydrogen-bond donors (Lipinski definition) is 1. The molecule has 0 heterocycles. The molecule has 0 aliphatic rings. The van der Waals surface area contributed by atoms with E-state index >= 15 is 0 Å². The van der Waals surface area contributed by atoms with Crippen molar-refractivity contribution in [2.75, 3.05) is 19.5 Å². The van der Waals surface area contributed by atoms with Crippen LogP contribution in [0.5, 0.6) is 11.5 Å². The number of carbonyl (C=O) groups excluding carboxylic acids is 2. The van der Waals surface area contributed by atoms with Crippen LogP contribution in [0.2, 0.25) is 0 Å². The molecule has 0 radical (unpaired) electrons. The smallest absolute Gasteiger partial charge is 0.247 e. The minimum Gasteiger partial charge on any atom is -0.497 e. The molecule has 2 amide bonds. The fourth-order valence-corrected chi connectivity index (χ4v) is 3.72. The lowest BCUT2D eigenvalue weighted by Crippen LogP contribution is -2.47. The number of nitrogens with one attached hydrogen (secondary N) is 1. The second kappa shape index (κ2) is 11.8. The highest BCUT2D eigenvalue weighted by Gasteiger charge is 2.30. The lowest BCUT2D eigenvalue weighted by molar-refractivity contribution is -0.139. The first-order valence-electron chi connectivity index (χ1n) is 11.1. The van der Waals surface area contributed by atoms with Gasteiger partial charge >= 0.3 is 0 Å². The molecule has 0 saturated carbocycles. The van der Waals surface area contributed by atoms with E-state index in [1.807, 2.05) is 37.3 Å². The third-order valence-corrected chi connectivity index (χ3v) is 5.55. The molecule has 1 unspecified atom stereocenters. The van der Waals surface area contributed by atoms with Crippen molar-refractivity contribution in [1.29, 1.82) is 0 Å². The van der Waals surface area contributed by atoms with Crippen molar-refractivity contribution in [2.45, 2.75) is 32.4 Å². The summed E-state index contributed by atoms with van der Waals surface area (Å²) in [5, 5.41) is 2.86. The summed E-state index contributed by atoms with van der Waals surface area (Å²) < 4.78 is 25.0. The molecule has 1 N–H and O–H groups in total. The van der Waals surface area contributed by atoms with Crippen LogP contribution < -0.4 is 14.8 Å². The number of hydrogen-bond acceptors (Lipinski definition) is 4. The van der Waals surface area contributed by atoms with Gasteiger partial charge in [0.15, 0.2) is 0 Å². The topological polar surface area (TPSA) is 67.9 Å². The van der Waals surface area contributed by atoms with Gasteiger partial charge in [0, 0.05) is 18.2 Å². The Kier molecular flexibility index (Phi) is 8.62. The van der Waals surface area contributed by atoms with Gasteiger partial charge in [0.1, 0.15) is 23.4 Å². The maximum atomic E-state index is 14.5. The van der Waals surface area contributed by atoms with Gasteiger partial charge in [-0.25, -0.2) is 4.39 Å². The largest absolute Gasteiger partial charge is 0.497 e. The molecule has 0 aromatic heterocycles. The average molecular weight is 465 g/mol. The van der Waals surface area contributed by atoms with Gasteiger partial charge in [-0.2, -0.15) is 0 Å². The van der Waals surface area contributed by atoms with Gasteiger partial charge in [-0.1, -0.05) is 55.5 Å². The zero-order chi connectivity index (χ0) is 24.5. The van der Waals surface area contributed by atoms with Crippen molar-refractivity contribution in [3.05, 3.63) is 89.7 Å². The SMILES string of the molecule is CCC(C(=O)Nc1ccc(OC)cc1OC)N(Cc1ccccc1F)C(=O)Cc1ccccc1. The van der Waals surface area contributed by atoms with E-state index in [4.69, 9.17) is 9.47 Å². The number of anilines is 1. The number of rotatable bonds is 10. The quantitative estimate of drug-likeness (QED) is 0.467. The highest BCUT2D eigenvalue weighted by Crippen LogP contribution is 2.29. The Hall–Kier alpha value is -3.87. The van der Waals surface area contributed by atoms with Gasteiger partial charge in [0.2, 0.25) is 11.8 Å². The molecule has 178 valence electrons. The highest BCUT2D eigenvalue weighted by molar-refractivity contribution is 5.98. The fourth-order valence-electron chi connectivity index (χ4n) is 3.72. The standard InChI is InChI=1S/C27H29FN2O4/c1-4-24(27(32)29-23-15-14-21(33-2)17-25(23)34-3)30(18-20-12-8-9-13-22(20)28)26(31)16-19-10-6-5-7-11-19/h5-15,17,24H,4,16,18H2,1-3H3,(H,29,32). The molecule has 0 fully saturated rings. The van der Waals surface area contributed by atoms with Crippen LogP contribution in [0.1, 0.15) is 24.5 Å². The second-order valence-electron chi connectivity index (χ2n) is 7.75. The van der Waals surface area contributed by atoms with E-state index in [1.165, 1.54) is 18.1 Å². The van der Waals surface area contributed by atoms with Crippen molar-refractivity contribution < 1.29 is 23.5 Å². The van der Waals surface area contributed by atoms with E-state index in [0.29, 0.717) is 29.2 Å². The Bertz CT molecular complexity index is 1120. The molecule has 3 rings (SSSR count). The van der Waals surface area contributed by atoms with Crippen molar-refractivity contribution in [2.24, 2.45) is 0 Å². The Morgan fingerprint density at radius 2 is 1.68 bits per heavy atom. The molecule has 3 aromatic rings. The summed E-state index contributed by atoms with van der Waals surface area (Å²) in [6.45, 7) is 1.80. The average Bonchev–Trinajstić information content (AvgIpc) is 2.85. The summed E-state index contributed by atoms with van der Waals surface area (Å²) in [6, 6.07) is 19.8. The van der Waals surface area contributed by atoms with Gasteiger partial charge in [-0.05, 0) is 30.2 Å². The molecule has 6 nitrogen and oxygen atoms in total. The van der Waals surface area contributed by atoms with Crippen LogP contribution in [-0.2, 0) is 22.6 Å². The number of amides is 2. The molecule has 3 aromatic carbocycles. The lowest BCUT2D eigenvalue weighted by atomic mass is 10.1. The maximum absolute atomic E-state index is 14.5. The molecule has 0 spiro atoms. The Morgan fingerprint density at radius 1 is 0.971 bits per heavy atom. The molecule has 0 bridgehead atoms. The number of methoxy groups -OCH3 is 2. The summed E-state index contributed by atoms with van der Waals surface area (Å²) in [5.41, 5.74) is 1.61. The molecule has 0 aliphatic heterocycles. The summed E-state index contributed by atoms with van der Waals surface area (Å²) in [5.74, 6) is -0.0612. The fraction of sp³-hybridized carbons (Fsp3) is 0.259. The lowest BCUT2D eigenvalue weighted by Gasteiger charge is -2.31. The first kappa shape index (κ1) is 24.8. The molecule has 7 heteroatoms. The number of halogens is 1. The van der Waals surface area contributed by atoms with Gasteiger partial charge < -0.3 is 19.7 Å². The van der Waals surface area contributed by atoms with E-state index in [0.717, 1.165) is 5.56 Å². The van der Waals surface area contributed by atoms with Crippen molar-refractivity contribution >= 4 is 17.5 Å². The zero-order valence-corrected chi connectivity index (χ0v) is 19.6. The third kappa shape index (κ3) is 6.13. The van der Waals surface area contributed by atoms with Crippen LogP contribution >= 0.6 is 0 Å². The normalized spacial score (nSPS) is 11.4. The number of benzene rings is 3. The van der Waals surface area contributed by atoms with Crippen molar-refractivity contribution in [1.82, 2.24) is 4.90 Å². The Labute approximate surface area is 199 Å². The van der Waals surface area contributed by atoms with Crippen molar-refractivity contribution in [3.63, 3.8) is 0 Å². The van der Waals surface area contributed by atoms with Crippen LogP contribution in [0, 0.1) is 5.82 Å². The predicted molar refractivity (Wildman–Crippen MR) is 129 cm³/mol. The van der Waals surface area contributed by atoms with Gasteiger partial charge in [-0.3, -0.25) is 9.59 Å². The van der Waals surface area contributed by atoms with Crippen LogP contribution in [0.4, 0.5) is 10.1 Å². The number of carbonyl (C=O) groups is 2. The third-order valence-electron chi connectivity index (χ3n) is 5.55. The first-order valence-corrected chi connectivity index (χ1v) is 11.1. The number of nitrogens with zero attached hydrogens (tertiary/aromatic N) is 1. The van der Waals surface area contributed by atoms with E-state index in [1.54, 1.807) is 43.5 Å². The monoisotopic (exact) mass is 464 g/mol. The van der Waals surface area contributed by atoms with Gasteiger partial charge in [0.25, 0.3) is 0 Å². The molecular formula is C27H29FN2O4. The van der Waals surface area contributed by atoms with E-state index in [-0.39, 0.29) is 24.8 Å². The first-order chi connectivity index (χ1) is 16.5. The minimum atomic E-state index is -0.817. The maximum Gasteiger partial charge on any atom is 0.247 e. The van der Waals surface area contributed by atoms with E-state index < -0.39 is 11.9 Å². The summed E-state index contributed by atoms with van der Waals surface area (Å²) in [7, 11) is 3.04. The van der Waals surface area contributed by atoms with Crippen LogP contribution in [-0.4, -0.2) is 37.0 Å². The minimum absolute atomic E-state index is 0.0238. The van der Waals surface area contributed by atoms with Gasteiger partial charge in [-0.15, -0.1) is 0 Å². The van der Waals surface area contributed by atoms with E-state index in [2.05, 4.69) is 5.32 Å². The summed E-state index contributed by atoms with van der Waals surface area (Å²) >= 11 is 0. The number of ether oxygens (including phenoxy) is 2. The van der Waals surface area contributed by atoms with Crippen molar-refractivity contribution in [3.8, 4) is 11.5 Å². The van der Waals surface area contributed by atoms with E-state index in [9.17, 15) is 14.0 Å². The van der Waals surface area contributed by atoms with Crippen LogP contribution in [0.15, 0.2) is 72.8 Å². The molecular weight excluding hydrogens is 435 g/mol.